The van der Waals surface area contributed by atoms with Gasteiger partial charge in [-0.05, 0) is 24.5 Å². The minimum atomic E-state index is -3.45. The Balaban J connectivity index is 2.88. The van der Waals surface area contributed by atoms with Gasteiger partial charge in [-0.25, -0.2) is 13.1 Å². The topological polar surface area (TPSA) is 66.4 Å². The second-order valence-electron chi connectivity index (χ2n) is 4.26. The fraction of sp³-hybridized carbons (Fsp3) is 0.636. The summed E-state index contributed by atoms with van der Waals surface area (Å²) in [4.78, 5) is 0.656. The molecule has 6 heteroatoms. The largest absolute Gasteiger partial charge is 0.391 e. The van der Waals surface area contributed by atoms with E-state index in [1.807, 2.05) is 20.8 Å². The maximum absolute atomic E-state index is 12.1. The summed E-state index contributed by atoms with van der Waals surface area (Å²) in [5, 5.41) is 8.93. The molecule has 0 aliphatic heterocycles. The van der Waals surface area contributed by atoms with Crippen LogP contribution >= 0.6 is 11.3 Å². The van der Waals surface area contributed by atoms with Crippen LogP contribution in [0.4, 0.5) is 0 Å². The van der Waals surface area contributed by atoms with Gasteiger partial charge >= 0.3 is 0 Å². The molecule has 0 aliphatic rings. The van der Waals surface area contributed by atoms with Crippen molar-refractivity contribution in [1.29, 1.82) is 0 Å². The van der Waals surface area contributed by atoms with Crippen LogP contribution in [0.1, 0.15) is 32.1 Å². The van der Waals surface area contributed by atoms with Crippen LogP contribution in [0.25, 0.3) is 0 Å². The second-order valence-corrected chi connectivity index (χ2v) is 7.37. The molecule has 0 amide bonds. The number of hydrogen-bond donors (Lipinski definition) is 2. The van der Waals surface area contributed by atoms with Gasteiger partial charge in [-0.1, -0.05) is 20.8 Å². The Kier molecular flexibility index (Phi) is 5.12. The van der Waals surface area contributed by atoms with Crippen molar-refractivity contribution in [3.8, 4) is 0 Å². The van der Waals surface area contributed by atoms with Gasteiger partial charge in [0.15, 0.2) is 0 Å². The lowest BCUT2D eigenvalue weighted by atomic mass is 10.0. The third-order valence-corrected chi connectivity index (χ3v) is 5.66. The van der Waals surface area contributed by atoms with E-state index in [-0.39, 0.29) is 22.8 Å². The van der Waals surface area contributed by atoms with E-state index in [9.17, 15) is 8.42 Å². The zero-order valence-corrected chi connectivity index (χ0v) is 11.9. The van der Waals surface area contributed by atoms with Crippen LogP contribution in [-0.2, 0) is 16.6 Å². The first-order chi connectivity index (χ1) is 7.90. The van der Waals surface area contributed by atoms with Gasteiger partial charge in [0.25, 0.3) is 0 Å². The second kappa shape index (κ2) is 5.95. The molecule has 17 heavy (non-hydrogen) atoms. The van der Waals surface area contributed by atoms with E-state index in [0.29, 0.717) is 4.88 Å². The first kappa shape index (κ1) is 14.6. The third kappa shape index (κ3) is 3.77. The Morgan fingerprint density at radius 1 is 1.41 bits per heavy atom. The molecule has 98 valence electrons. The number of rotatable bonds is 6. The first-order valence-electron chi connectivity index (χ1n) is 5.62. The molecule has 1 heterocycles. The normalized spacial score (nSPS) is 14.2. The van der Waals surface area contributed by atoms with E-state index in [2.05, 4.69) is 4.72 Å². The Morgan fingerprint density at radius 2 is 2.06 bits per heavy atom. The van der Waals surface area contributed by atoms with Crippen molar-refractivity contribution in [3.63, 3.8) is 0 Å². The zero-order valence-electron chi connectivity index (χ0n) is 10.3. The molecule has 0 saturated carbocycles. The van der Waals surface area contributed by atoms with Gasteiger partial charge in [0, 0.05) is 10.9 Å². The molecule has 0 saturated heterocycles. The monoisotopic (exact) mass is 277 g/mol. The number of aliphatic hydroxyl groups excluding tert-OH is 1. The molecule has 0 bridgehead atoms. The highest BCUT2D eigenvalue weighted by Gasteiger charge is 2.22. The van der Waals surface area contributed by atoms with E-state index in [4.69, 9.17) is 5.11 Å². The Hall–Kier alpha value is -0.430. The predicted molar refractivity (Wildman–Crippen MR) is 69.5 cm³/mol. The van der Waals surface area contributed by atoms with Crippen LogP contribution in [0.15, 0.2) is 16.3 Å². The predicted octanol–water partition coefficient (Wildman–Crippen LogP) is 1.95. The average molecular weight is 277 g/mol. The van der Waals surface area contributed by atoms with Crippen molar-refractivity contribution >= 4 is 21.4 Å². The number of aliphatic hydroxyl groups is 1. The van der Waals surface area contributed by atoms with Crippen molar-refractivity contribution < 1.29 is 13.5 Å². The van der Waals surface area contributed by atoms with E-state index >= 15 is 0 Å². The molecule has 1 aromatic heterocycles. The van der Waals surface area contributed by atoms with Gasteiger partial charge in [-0.3, -0.25) is 0 Å². The van der Waals surface area contributed by atoms with Crippen LogP contribution in [0.2, 0.25) is 0 Å². The molecule has 0 aliphatic carbocycles. The number of nitrogens with one attached hydrogen (secondary N) is 1. The van der Waals surface area contributed by atoms with Gasteiger partial charge < -0.3 is 5.11 Å². The van der Waals surface area contributed by atoms with Gasteiger partial charge in [0.1, 0.15) is 4.21 Å². The average Bonchev–Trinajstić information content (AvgIpc) is 2.74. The molecule has 1 rings (SSSR count). The zero-order chi connectivity index (χ0) is 13.1. The van der Waals surface area contributed by atoms with E-state index in [0.717, 1.165) is 17.8 Å². The summed E-state index contributed by atoms with van der Waals surface area (Å²) in [6.45, 7) is 5.82. The van der Waals surface area contributed by atoms with Crippen LogP contribution in [0.5, 0.6) is 0 Å². The molecule has 2 N–H and O–H groups in total. The summed E-state index contributed by atoms with van der Waals surface area (Å²) in [7, 11) is -3.45. The lowest BCUT2D eigenvalue weighted by molar-refractivity contribution is 0.285. The van der Waals surface area contributed by atoms with Crippen molar-refractivity contribution in [2.24, 2.45) is 5.92 Å². The molecule has 4 nitrogen and oxygen atoms in total. The highest BCUT2D eigenvalue weighted by molar-refractivity contribution is 7.91. The van der Waals surface area contributed by atoms with Crippen LogP contribution in [0, 0.1) is 5.92 Å². The fourth-order valence-electron chi connectivity index (χ4n) is 1.54. The van der Waals surface area contributed by atoms with E-state index in [1.54, 1.807) is 6.07 Å². The highest BCUT2D eigenvalue weighted by Crippen LogP contribution is 2.22. The standard InChI is InChI=1S/C11H19NO3S2/c1-4-10(8(2)3)12-17(14,15)11-6-5-9(7-13)16-11/h5-6,8,10,12-13H,4,7H2,1-3H3. The first-order valence-corrected chi connectivity index (χ1v) is 7.92. The van der Waals surface area contributed by atoms with E-state index in [1.165, 1.54) is 6.07 Å². The molecule has 0 fully saturated rings. The minimum Gasteiger partial charge on any atom is -0.391 e. The van der Waals surface area contributed by atoms with Gasteiger partial charge in [-0.15, -0.1) is 11.3 Å². The molecule has 1 aromatic rings. The summed E-state index contributed by atoms with van der Waals surface area (Å²) in [6, 6.07) is 3.11. The smallest absolute Gasteiger partial charge is 0.250 e. The highest BCUT2D eigenvalue weighted by atomic mass is 32.2. The quantitative estimate of drug-likeness (QED) is 0.835. The molecule has 1 unspecified atom stereocenters. The van der Waals surface area contributed by atoms with Crippen LogP contribution in [-0.4, -0.2) is 19.6 Å². The molecular formula is C11H19NO3S2. The summed E-state index contributed by atoms with van der Waals surface area (Å²) >= 11 is 1.10. The van der Waals surface area contributed by atoms with Crippen molar-refractivity contribution in [2.75, 3.05) is 0 Å². The third-order valence-electron chi connectivity index (χ3n) is 2.61. The molecular weight excluding hydrogens is 258 g/mol. The number of sulfonamides is 1. The maximum Gasteiger partial charge on any atom is 0.250 e. The van der Waals surface area contributed by atoms with E-state index < -0.39 is 10.0 Å². The summed E-state index contributed by atoms with van der Waals surface area (Å²) in [5.41, 5.74) is 0. The number of hydrogen-bond acceptors (Lipinski definition) is 4. The summed E-state index contributed by atoms with van der Waals surface area (Å²) < 4.78 is 27.1. The number of thiophene rings is 1. The Bertz CT molecular complexity index is 451. The lowest BCUT2D eigenvalue weighted by Crippen LogP contribution is -2.37. The summed E-state index contributed by atoms with van der Waals surface area (Å²) in [6.07, 6.45) is 0.759. The molecule has 1 atom stereocenters. The van der Waals surface area contributed by atoms with Crippen LogP contribution in [0.3, 0.4) is 0 Å². The lowest BCUT2D eigenvalue weighted by Gasteiger charge is -2.19. The molecule has 0 aromatic carbocycles. The fourth-order valence-corrected chi connectivity index (χ4v) is 4.24. The van der Waals surface area contributed by atoms with Crippen molar-refractivity contribution in [1.82, 2.24) is 4.72 Å². The molecule has 0 spiro atoms. The van der Waals surface area contributed by atoms with Gasteiger partial charge in [0.2, 0.25) is 10.0 Å². The Labute approximate surface area is 107 Å². The van der Waals surface area contributed by atoms with Crippen LogP contribution < -0.4 is 4.72 Å². The summed E-state index contributed by atoms with van der Waals surface area (Å²) in [5.74, 6) is 0.257. The van der Waals surface area contributed by atoms with Gasteiger partial charge in [0.05, 0.1) is 6.61 Å². The van der Waals surface area contributed by atoms with Gasteiger partial charge in [-0.2, -0.15) is 0 Å². The van der Waals surface area contributed by atoms with Crippen molar-refractivity contribution in [3.05, 3.63) is 17.0 Å². The van der Waals surface area contributed by atoms with Crippen molar-refractivity contribution in [2.45, 2.75) is 44.0 Å². The Morgan fingerprint density at radius 3 is 2.47 bits per heavy atom. The minimum absolute atomic E-state index is 0.0559. The SMILES string of the molecule is CCC(NS(=O)(=O)c1ccc(CO)s1)C(C)C. The molecule has 0 radical (unpaired) electrons. The maximum atomic E-state index is 12.1.